The Morgan fingerprint density at radius 1 is 0.648 bits per heavy atom. The van der Waals surface area contributed by atoms with E-state index < -0.39 is 11.9 Å². The fourth-order valence-electron chi connectivity index (χ4n) is 6.62. The summed E-state index contributed by atoms with van der Waals surface area (Å²) in [6.07, 6.45) is 12.7. The number of ether oxygens (including phenoxy) is 4. The van der Waals surface area contributed by atoms with Gasteiger partial charge in [0.2, 0.25) is 0 Å². The largest absolute Gasteiger partial charge is 0.494 e. The van der Waals surface area contributed by atoms with Crippen LogP contribution in [0.25, 0.3) is 0 Å². The number of halogens is 4. The highest BCUT2D eigenvalue weighted by molar-refractivity contribution is 6.42. The van der Waals surface area contributed by atoms with Crippen molar-refractivity contribution in [2.45, 2.75) is 90.3 Å². The molecule has 2 aliphatic rings. The van der Waals surface area contributed by atoms with Crippen molar-refractivity contribution in [3.63, 3.8) is 0 Å². The highest BCUT2D eigenvalue weighted by Gasteiger charge is 2.30. The Morgan fingerprint density at radius 2 is 1.04 bits per heavy atom. The van der Waals surface area contributed by atoms with Crippen LogP contribution in [0.4, 0.5) is 0 Å². The van der Waals surface area contributed by atoms with Crippen molar-refractivity contribution in [2.24, 2.45) is 11.8 Å². The summed E-state index contributed by atoms with van der Waals surface area (Å²) >= 11 is 23.9. The van der Waals surface area contributed by atoms with Gasteiger partial charge in [0, 0.05) is 39.4 Å². The van der Waals surface area contributed by atoms with Crippen LogP contribution >= 0.6 is 46.4 Å². The van der Waals surface area contributed by atoms with Gasteiger partial charge in [-0.25, -0.2) is 9.59 Å². The molecule has 14 heteroatoms. The van der Waals surface area contributed by atoms with Gasteiger partial charge in [-0.3, -0.25) is 0 Å². The number of piperidine rings is 2. The summed E-state index contributed by atoms with van der Waals surface area (Å²) in [6, 6.07) is 10.8. The molecule has 0 spiro atoms. The lowest BCUT2D eigenvalue weighted by molar-refractivity contribution is -0.159. The van der Waals surface area contributed by atoms with Gasteiger partial charge in [-0.15, -0.1) is 0 Å². The summed E-state index contributed by atoms with van der Waals surface area (Å²) in [6.45, 7) is 12.7. The number of unbranched alkanes of at least 4 members (excludes halogenated alkanes) is 4. The Balaban J connectivity index is 0.000000325. The van der Waals surface area contributed by atoms with E-state index in [0.29, 0.717) is 57.3 Å². The van der Waals surface area contributed by atoms with E-state index in [0.717, 1.165) is 37.4 Å². The Morgan fingerprint density at radius 3 is 1.35 bits per heavy atom. The molecule has 54 heavy (non-hydrogen) atoms. The zero-order valence-corrected chi connectivity index (χ0v) is 35.3. The molecule has 4 rings (SSSR count). The van der Waals surface area contributed by atoms with Crippen molar-refractivity contribution < 1.29 is 38.7 Å². The van der Waals surface area contributed by atoms with Gasteiger partial charge < -0.3 is 39.0 Å². The molecule has 0 unspecified atom stereocenters. The van der Waals surface area contributed by atoms with Crippen molar-refractivity contribution in [3.8, 4) is 11.5 Å². The summed E-state index contributed by atoms with van der Waals surface area (Å²) in [5, 5.41) is 17.0. The van der Waals surface area contributed by atoms with Crippen LogP contribution in [-0.4, -0.2) is 111 Å². The van der Waals surface area contributed by atoms with Gasteiger partial charge in [-0.1, -0.05) is 85.9 Å². The van der Waals surface area contributed by atoms with Crippen LogP contribution in [0, 0.1) is 11.8 Å². The predicted molar refractivity (Wildman–Crippen MR) is 218 cm³/mol. The van der Waals surface area contributed by atoms with Crippen molar-refractivity contribution >= 4 is 58.3 Å². The van der Waals surface area contributed by atoms with Crippen molar-refractivity contribution in [3.05, 3.63) is 56.5 Å². The topological polar surface area (TPSA) is 118 Å². The van der Waals surface area contributed by atoms with Gasteiger partial charge in [-0.2, -0.15) is 0 Å². The molecule has 2 N–H and O–H groups in total. The predicted octanol–water partition coefficient (Wildman–Crippen LogP) is 9.73. The van der Waals surface area contributed by atoms with Gasteiger partial charge in [0.1, 0.15) is 11.5 Å². The minimum Gasteiger partial charge on any atom is -0.494 e. The monoisotopic (exact) mass is 836 g/mol. The average Bonchev–Trinajstić information content (AvgIpc) is 3.16. The first kappa shape index (κ1) is 48.1. The third-order valence-electron chi connectivity index (χ3n) is 9.80. The SMILES string of the molecule is CCCCCN1CC[C@H](CCOc2ccc(Cl)c(Cl)c2)[C@@H](OC)C1.CCCCCN1CC[C@H](CCOc2ccc(Cl)c(Cl)c2)[C@@H](OC)C1.O=C(O)C(=O)O. The molecule has 0 aromatic heterocycles. The second-order valence-corrected chi connectivity index (χ2v) is 15.3. The third-order valence-corrected chi connectivity index (χ3v) is 11.3. The van der Waals surface area contributed by atoms with E-state index in [-0.39, 0.29) is 0 Å². The zero-order chi connectivity index (χ0) is 39.9. The number of carboxylic acids is 2. The standard InChI is InChI=1S/2C19H29Cl2NO2.C2H2O4/c2*1-3-4-5-10-22-11-8-15(19(14-22)23-2)9-12-24-16-6-7-17(20)18(21)13-16;3-1(4)2(5)6/h2*6-7,13,15,19H,3-5,8-12,14H2,1-2H3;(H,3,4)(H,5,6)/t2*15-,19+;/m11./s1. The molecule has 2 fully saturated rings. The lowest BCUT2D eigenvalue weighted by Crippen LogP contribution is -2.45. The maximum Gasteiger partial charge on any atom is 0.414 e. The van der Waals surface area contributed by atoms with E-state index in [1.807, 2.05) is 26.4 Å². The number of nitrogens with zero attached hydrogens (tertiary/aromatic N) is 2. The molecule has 0 saturated carbocycles. The minimum atomic E-state index is -1.82. The fraction of sp³-hybridized carbons (Fsp3) is 0.650. The summed E-state index contributed by atoms with van der Waals surface area (Å²) in [5.74, 6) is -0.990. The quantitative estimate of drug-likeness (QED) is 0.111. The van der Waals surface area contributed by atoms with Crippen molar-refractivity contribution in [1.82, 2.24) is 9.80 Å². The number of rotatable bonds is 18. The van der Waals surface area contributed by atoms with Gasteiger partial charge in [-0.05, 0) is 101 Å². The second-order valence-electron chi connectivity index (χ2n) is 13.7. The summed E-state index contributed by atoms with van der Waals surface area (Å²) < 4.78 is 23.1. The molecule has 0 amide bonds. The van der Waals surface area contributed by atoms with E-state index in [1.54, 1.807) is 24.3 Å². The maximum absolute atomic E-state index is 9.10. The van der Waals surface area contributed by atoms with Gasteiger partial charge in [0.25, 0.3) is 0 Å². The number of methoxy groups -OCH3 is 2. The fourth-order valence-corrected chi connectivity index (χ4v) is 7.20. The van der Waals surface area contributed by atoms with Crippen LogP contribution in [0.15, 0.2) is 36.4 Å². The number of carboxylic acid groups (broad SMARTS) is 2. The highest BCUT2D eigenvalue weighted by atomic mass is 35.5. The third kappa shape index (κ3) is 18.7. The maximum atomic E-state index is 9.10. The zero-order valence-electron chi connectivity index (χ0n) is 32.3. The molecule has 2 aliphatic heterocycles. The van der Waals surface area contributed by atoms with Gasteiger partial charge >= 0.3 is 11.9 Å². The molecular formula is C40H60Cl4N2O8. The van der Waals surface area contributed by atoms with E-state index in [1.165, 1.54) is 77.5 Å². The number of hydrogen-bond donors (Lipinski definition) is 2. The first-order valence-corrected chi connectivity index (χ1v) is 20.6. The van der Waals surface area contributed by atoms with Crippen LogP contribution in [0.1, 0.15) is 78.1 Å². The average molecular weight is 839 g/mol. The van der Waals surface area contributed by atoms with Crippen molar-refractivity contribution in [2.75, 3.05) is 66.7 Å². The first-order valence-electron chi connectivity index (χ1n) is 19.0. The molecule has 4 atom stereocenters. The molecule has 2 aromatic carbocycles. The van der Waals surface area contributed by atoms with E-state index in [2.05, 4.69) is 23.6 Å². The smallest absolute Gasteiger partial charge is 0.414 e. The van der Waals surface area contributed by atoms with Crippen LogP contribution in [0.3, 0.4) is 0 Å². The molecule has 2 saturated heterocycles. The minimum absolute atomic E-state index is 0.304. The normalized spacial score (nSPS) is 20.2. The number of carbonyl (C=O) groups is 2. The molecular weight excluding hydrogens is 778 g/mol. The Kier molecular flexibility index (Phi) is 24.6. The molecule has 306 valence electrons. The molecule has 10 nitrogen and oxygen atoms in total. The van der Waals surface area contributed by atoms with Crippen LogP contribution in [-0.2, 0) is 19.1 Å². The molecule has 2 aromatic rings. The highest BCUT2D eigenvalue weighted by Crippen LogP contribution is 2.29. The van der Waals surface area contributed by atoms with Crippen LogP contribution in [0.5, 0.6) is 11.5 Å². The number of benzene rings is 2. The Hall–Kier alpha value is -2.02. The van der Waals surface area contributed by atoms with Crippen molar-refractivity contribution in [1.29, 1.82) is 0 Å². The molecule has 2 heterocycles. The lowest BCUT2D eigenvalue weighted by atomic mass is 9.91. The Bertz CT molecular complexity index is 1270. The van der Waals surface area contributed by atoms with Gasteiger partial charge in [0.15, 0.2) is 0 Å². The number of likely N-dealkylation sites (tertiary alicyclic amines) is 2. The molecule has 0 bridgehead atoms. The van der Waals surface area contributed by atoms with Crippen LogP contribution < -0.4 is 9.47 Å². The van der Waals surface area contributed by atoms with E-state index in [4.69, 9.17) is 85.2 Å². The molecule has 0 aliphatic carbocycles. The molecule has 0 radical (unpaired) electrons. The Labute approximate surface area is 342 Å². The first-order chi connectivity index (χ1) is 25.9. The second kappa shape index (κ2) is 27.6. The lowest BCUT2D eigenvalue weighted by Gasteiger charge is -2.37. The number of hydrogen-bond acceptors (Lipinski definition) is 8. The number of aliphatic carboxylic acids is 2. The van der Waals surface area contributed by atoms with Crippen LogP contribution in [0.2, 0.25) is 20.1 Å². The summed E-state index contributed by atoms with van der Waals surface area (Å²) in [5.41, 5.74) is 0. The summed E-state index contributed by atoms with van der Waals surface area (Å²) in [7, 11) is 3.65. The van der Waals surface area contributed by atoms with E-state index in [9.17, 15) is 0 Å². The summed E-state index contributed by atoms with van der Waals surface area (Å²) in [4.78, 5) is 23.3. The van der Waals surface area contributed by atoms with E-state index >= 15 is 0 Å². The van der Waals surface area contributed by atoms with Gasteiger partial charge in [0.05, 0.1) is 45.5 Å².